The van der Waals surface area contributed by atoms with Crippen LogP contribution in [0.4, 0.5) is 10.5 Å². The van der Waals surface area contributed by atoms with E-state index in [1.54, 1.807) is 11.9 Å². The van der Waals surface area contributed by atoms with Gasteiger partial charge in [0.1, 0.15) is 0 Å². The number of nitrogens with zero attached hydrogens (tertiary/aromatic N) is 2. The lowest BCUT2D eigenvalue weighted by atomic mass is 10.1. The van der Waals surface area contributed by atoms with Crippen LogP contribution in [0.3, 0.4) is 0 Å². The summed E-state index contributed by atoms with van der Waals surface area (Å²) in [6.45, 7) is 1.42. The zero-order chi connectivity index (χ0) is 18.5. The normalized spacial score (nSPS) is 12.0. The van der Waals surface area contributed by atoms with E-state index in [1.165, 1.54) is 0 Å². The third kappa shape index (κ3) is 4.39. The predicted molar refractivity (Wildman–Crippen MR) is 102 cm³/mol. The topological polar surface area (TPSA) is 54.0 Å². The van der Waals surface area contributed by atoms with Crippen molar-refractivity contribution in [3.8, 4) is 11.5 Å². The summed E-state index contributed by atoms with van der Waals surface area (Å²) in [5, 5.41) is 2.96. The molecule has 0 saturated heterocycles. The van der Waals surface area contributed by atoms with Gasteiger partial charge in [-0.3, -0.25) is 0 Å². The smallest absolute Gasteiger partial charge is 0.317 e. The number of fused-ring (bicyclic) bond motifs is 1. The van der Waals surface area contributed by atoms with E-state index in [-0.39, 0.29) is 12.8 Å². The van der Waals surface area contributed by atoms with Crippen LogP contribution in [0.25, 0.3) is 0 Å². The molecule has 0 bridgehead atoms. The Morgan fingerprint density at radius 3 is 2.42 bits per heavy atom. The van der Waals surface area contributed by atoms with Crippen LogP contribution in [-0.2, 0) is 13.0 Å². The fourth-order valence-corrected chi connectivity index (χ4v) is 2.79. The van der Waals surface area contributed by atoms with Gasteiger partial charge in [0.15, 0.2) is 11.5 Å². The molecular weight excluding hydrogens is 330 g/mol. The first kappa shape index (κ1) is 17.9. The monoisotopic (exact) mass is 355 g/mol. The zero-order valence-electron chi connectivity index (χ0n) is 15.5. The lowest BCUT2D eigenvalue weighted by Gasteiger charge is -2.19. The number of anilines is 1. The maximum atomic E-state index is 12.3. The molecule has 2 aromatic rings. The second kappa shape index (κ2) is 7.99. The van der Waals surface area contributed by atoms with E-state index in [4.69, 9.17) is 9.47 Å². The molecule has 138 valence electrons. The summed E-state index contributed by atoms with van der Waals surface area (Å²) in [5.74, 6) is 1.55. The summed E-state index contributed by atoms with van der Waals surface area (Å²) in [4.78, 5) is 16.0. The van der Waals surface area contributed by atoms with Crippen molar-refractivity contribution in [2.75, 3.05) is 39.4 Å². The van der Waals surface area contributed by atoms with Crippen LogP contribution in [0.5, 0.6) is 11.5 Å². The van der Waals surface area contributed by atoms with Crippen molar-refractivity contribution in [2.24, 2.45) is 0 Å². The van der Waals surface area contributed by atoms with E-state index in [9.17, 15) is 4.79 Å². The molecule has 0 radical (unpaired) electrons. The summed E-state index contributed by atoms with van der Waals surface area (Å²) in [5.41, 5.74) is 3.35. The Bertz CT molecular complexity index is 759. The van der Waals surface area contributed by atoms with Gasteiger partial charge < -0.3 is 24.6 Å². The largest absolute Gasteiger partial charge is 0.454 e. The van der Waals surface area contributed by atoms with Crippen LogP contribution in [0.1, 0.15) is 11.1 Å². The fourth-order valence-electron chi connectivity index (χ4n) is 2.79. The molecule has 1 aliphatic heterocycles. The van der Waals surface area contributed by atoms with Crippen molar-refractivity contribution >= 4 is 11.7 Å². The van der Waals surface area contributed by atoms with Crippen LogP contribution in [0.15, 0.2) is 42.5 Å². The Morgan fingerprint density at radius 2 is 1.69 bits per heavy atom. The lowest BCUT2D eigenvalue weighted by molar-refractivity contribution is 0.174. The second-order valence-corrected chi connectivity index (χ2v) is 6.59. The molecule has 2 aromatic carbocycles. The van der Waals surface area contributed by atoms with E-state index >= 15 is 0 Å². The number of hydrogen-bond donors (Lipinski definition) is 1. The molecule has 3 rings (SSSR count). The van der Waals surface area contributed by atoms with Gasteiger partial charge in [-0.1, -0.05) is 18.2 Å². The van der Waals surface area contributed by atoms with E-state index in [0.717, 1.165) is 34.7 Å². The Balaban J connectivity index is 1.45. The summed E-state index contributed by atoms with van der Waals surface area (Å²) < 4.78 is 10.7. The average Bonchev–Trinajstić information content (AvgIpc) is 3.09. The minimum Gasteiger partial charge on any atom is -0.454 e. The van der Waals surface area contributed by atoms with Crippen molar-refractivity contribution in [1.82, 2.24) is 10.2 Å². The highest BCUT2D eigenvalue weighted by molar-refractivity contribution is 5.73. The molecule has 6 nitrogen and oxygen atoms in total. The van der Waals surface area contributed by atoms with Crippen molar-refractivity contribution < 1.29 is 14.3 Å². The number of rotatable bonds is 6. The first-order valence-corrected chi connectivity index (χ1v) is 8.66. The van der Waals surface area contributed by atoms with Gasteiger partial charge in [0.25, 0.3) is 0 Å². The van der Waals surface area contributed by atoms with E-state index < -0.39 is 0 Å². The van der Waals surface area contributed by atoms with Crippen molar-refractivity contribution in [3.63, 3.8) is 0 Å². The molecule has 0 aliphatic carbocycles. The van der Waals surface area contributed by atoms with Crippen LogP contribution in [0, 0.1) is 0 Å². The molecule has 0 atom stereocenters. The van der Waals surface area contributed by atoms with Gasteiger partial charge in [0, 0.05) is 39.9 Å². The molecule has 26 heavy (non-hydrogen) atoms. The van der Waals surface area contributed by atoms with Gasteiger partial charge in [0.05, 0.1) is 0 Å². The Kier molecular flexibility index (Phi) is 5.51. The van der Waals surface area contributed by atoms with E-state index in [1.807, 2.05) is 44.4 Å². The van der Waals surface area contributed by atoms with E-state index in [0.29, 0.717) is 13.1 Å². The van der Waals surface area contributed by atoms with Gasteiger partial charge in [-0.05, 0) is 41.8 Å². The quantitative estimate of drug-likeness (QED) is 0.866. The Labute approximate surface area is 154 Å². The number of benzene rings is 2. The minimum absolute atomic E-state index is 0.0811. The van der Waals surface area contributed by atoms with Crippen LogP contribution >= 0.6 is 0 Å². The third-order valence-electron chi connectivity index (χ3n) is 4.35. The SMILES string of the molecule is CN(Cc1ccc(N(C)C)cc1)C(=O)NCCc1ccc2c(c1)OCO2. The Hall–Kier alpha value is -2.89. The zero-order valence-corrected chi connectivity index (χ0v) is 15.5. The molecule has 0 fully saturated rings. The van der Waals surface area contributed by atoms with Gasteiger partial charge in [-0.15, -0.1) is 0 Å². The van der Waals surface area contributed by atoms with Crippen molar-refractivity contribution in [1.29, 1.82) is 0 Å². The van der Waals surface area contributed by atoms with Gasteiger partial charge in [-0.25, -0.2) is 4.79 Å². The molecule has 1 aliphatic rings. The summed E-state index contributed by atoms with van der Waals surface area (Å²) in [6, 6.07) is 14.0. The molecular formula is C20H25N3O3. The molecule has 1 heterocycles. The average molecular weight is 355 g/mol. The number of hydrogen-bond acceptors (Lipinski definition) is 4. The maximum Gasteiger partial charge on any atom is 0.317 e. The number of carbonyl (C=O) groups excluding carboxylic acids is 1. The highest BCUT2D eigenvalue weighted by atomic mass is 16.7. The minimum atomic E-state index is -0.0811. The highest BCUT2D eigenvalue weighted by Crippen LogP contribution is 2.32. The molecule has 0 unspecified atom stereocenters. The highest BCUT2D eigenvalue weighted by Gasteiger charge is 2.13. The summed E-state index contributed by atoms with van der Waals surface area (Å²) >= 11 is 0. The van der Waals surface area contributed by atoms with Gasteiger partial charge in [-0.2, -0.15) is 0 Å². The van der Waals surface area contributed by atoms with Crippen molar-refractivity contribution in [2.45, 2.75) is 13.0 Å². The number of amides is 2. The Morgan fingerprint density at radius 1 is 1.00 bits per heavy atom. The number of nitrogens with one attached hydrogen (secondary N) is 1. The van der Waals surface area contributed by atoms with E-state index in [2.05, 4.69) is 22.3 Å². The maximum absolute atomic E-state index is 12.3. The lowest BCUT2D eigenvalue weighted by Crippen LogP contribution is -2.37. The molecule has 1 N–H and O–H groups in total. The van der Waals surface area contributed by atoms with Gasteiger partial charge >= 0.3 is 6.03 Å². The standard InChI is InChI=1S/C20H25N3O3/c1-22(2)17-7-4-16(5-8-17)13-23(3)20(24)21-11-10-15-6-9-18-19(12-15)26-14-25-18/h4-9,12H,10-11,13-14H2,1-3H3,(H,21,24). The predicted octanol–water partition coefficient (Wildman–Crippen LogP) is 2.87. The first-order valence-electron chi connectivity index (χ1n) is 8.66. The molecule has 2 amide bonds. The molecule has 0 spiro atoms. The third-order valence-corrected chi connectivity index (χ3v) is 4.35. The number of urea groups is 1. The van der Waals surface area contributed by atoms with Crippen LogP contribution < -0.4 is 19.7 Å². The number of carbonyl (C=O) groups is 1. The summed E-state index contributed by atoms with van der Waals surface area (Å²) in [6.07, 6.45) is 0.744. The summed E-state index contributed by atoms with van der Waals surface area (Å²) in [7, 11) is 5.82. The fraction of sp³-hybridized carbons (Fsp3) is 0.350. The first-order chi connectivity index (χ1) is 12.5. The number of ether oxygens (including phenoxy) is 2. The molecule has 0 saturated carbocycles. The van der Waals surface area contributed by atoms with Crippen LogP contribution in [0.2, 0.25) is 0 Å². The molecule has 0 aromatic heterocycles. The molecule has 6 heteroatoms. The van der Waals surface area contributed by atoms with Crippen LogP contribution in [-0.4, -0.2) is 45.4 Å². The van der Waals surface area contributed by atoms with Gasteiger partial charge in [0.2, 0.25) is 6.79 Å². The van der Waals surface area contributed by atoms with Crippen molar-refractivity contribution in [3.05, 3.63) is 53.6 Å². The second-order valence-electron chi connectivity index (χ2n) is 6.59.